The summed E-state index contributed by atoms with van der Waals surface area (Å²) in [4.78, 5) is 0. The third-order valence-corrected chi connectivity index (χ3v) is 5.10. The summed E-state index contributed by atoms with van der Waals surface area (Å²) >= 11 is 0. The van der Waals surface area contributed by atoms with E-state index in [0.717, 1.165) is 11.8 Å². The van der Waals surface area contributed by atoms with Crippen LogP contribution in [0.3, 0.4) is 0 Å². The lowest BCUT2D eigenvalue weighted by atomic mass is 9.84. The van der Waals surface area contributed by atoms with Crippen LogP contribution in [0.25, 0.3) is 0 Å². The Hall–Kier alpha value is 0.430. The van der Waals surface area contributed by atoms with Gasteiger partial charge in [0.05, 0.1) is 0 Å². The predicted octanol–water partition coefficient (Wildman–Crippen LogP) is 4.68. The summed E-state index contributed by atoms with van der Waals surface area (Å²) in [6, 6.07) is 0. The average molecular weight is 214 g/mol. The lowest BCUT2D eigenvalue weighted by molar-refractivity contribution is 0.311. The molecule has 1 fully saturated rings. The van der Waals surface area contributed by atoms with Crippen LogP contribution in [-0.4, -0.2) is 12.3 Å². The zero-order valence-electron chi connectivity index (χ0n) is 10.0. The highest BCUT2D eigenvalue weighted by Crippen LogP contribution is 2.32. The van der Waals surface area contributed by atoms with E-state index in [-0.39, 0.29) is 0 Å². The van der Waals surface area contributed by atoms with Gasteiger partial charge in [-0.05, 0) is 43.4 Å². The Kier molecular flexibility index (Phi) is 6.86. The highest BCUT2D eigenvalue weighted by atomic mass is 31.1. The van der Waals surface area contributed by atoms with E-state index in [1.807, 2.05) is 0 Å². The molecule has 0 spiro atoms. The zero-order valence-corrected chi connectivity index (χ0v) is 11.0. The zero-order chi connectivity index (χ0) is 10.2. The van der Waals surface area contributed by atoms with Gasteiger partial charge in [0.15, 0.2) is 0 Å². The molecule has 14 heavy (non-hydrogen) atoms. The van der Waals surface area contributed by atoms with Gasteiger partial charge in [-0.25, -0.2) is 0 Å². The molecule has 0 N–H and O–H groups in total. The Morgan fingerprint density at radius 1 is 1.07 bits per heavy atom. The molecule has 0 aromatic carbocycles. The van der Waals surface area contributed by atoms with Gasteiger partial charge in [-0.1, -0.05) is 39.5 Å². The van der Waals surface area contributed by atoms with Gasteiger partial charge in [0.1, 0.15) is 0 Å². The molecule has 0 nitrogen and oxygen atoms in total. The number of hydrogen-bond donors (Lipinski definition) is 0. The fourth-order valence-electron chi connectivity index (χ4n) is 2.34. The maximum Gasteiger partial charge on any atom is -0.0325 e. The molecule has 1 rings (SSSR count). The molecule has 0 bridgehead atoms. The van der Waals surface area contributed by atoms with Gasteiger partial charge in [0, 0.05) is 0 Å². The fraction of sp³-hybridized carbons (Fsp3) is 1.00. The molecule has 0 saturated heterocycles. The summed E-state index contributed by atoms with van der Waals surface area (Å²) in [7, 11) is 1.27. The van der Waals surface area contributed by atoms with Crippen molar-refractivity contribution in [3.63, 3.8) is 0 Å². The van der Waals surface area contributed by atoms with Crippen molar-refractivity contribution < 1.29 is 0 Å². The molecule has 1 aliphatic carbocycles. The van der Waals surface area contributed by atoms with Crippen LogP contribution in [0.4, 0.5) is 0 Å². The predicted molar refractivity (Wildman–Crippen MR) is 68.7 cm³/mol. The van der Waals surface area contributed by atoms with Crippen molar-refractivity contribution in [2.24, 2.45) is 11.8 Å². The summed E-state index contributed by atoms with van der Waals surface area (Å²) in [5.41, 5.74) is 0. The SMILES string of the molecule is CCCCCPCC1CCC(C)CC1. The molecular formula is C13H27P. The Morgan fingerprint density at radius 3 is 2.43 bits per heavy atom. The van der Waals surface area contributed by atoms with Gasteiger partial charge >= 0.3 is 0 Å². The van der Waals surface area contributed by atoms with Crippen LogP contribution >= 0.6 is 8.58 Å². The third kappa shape index (κ3) is 5.35. The minimum absolute atomic E-state index is 1.02. The summed E-state index contributed by atoms with van der Waals surface area (Å²) in [6.45, 7) is 4.71. The largest absolute Gasteiger partial charge is 0.122 e. The molecule has 0 radical (unpaired) electrons. The minimum Gasteiger partial charge on any atom is -0.122 e. The first-order valence-electron chi connectivity index (χ1n) is 6.53. The standard InChI is InChI=1S/C13H27P/c1-3-4-5-10-14-11-13-8-6-12(2)7-9-13/h12-14H,3-11H2,1-2H3. The second-order valence-corrected chi connectivity index (χ2v) is 6.45. The number of hydrogen-bond acceptors (Lipinski definition) is 0. The Balaban J connectivity index is 1.91. The highest BCUT2D eigenvalue weighted by Gasteiger charge is 2.17. The van der Waals surface area contributed by atoms with Crippen molar-refractivity contribution in [3.8, 4) is 0 Å². The van der Waals surface area contributed by atoms with Gasteiger partial charge in [-0.3, -0.25) is 0 Å². The molecule has 0 aromatic rings. The van der Waals surface area contributed by atoms with Gasteiger partial charge < -0.3 is 0 Å². The highest BCUT2D eigenvalue weighted by molar-refractivity contribution is 7.37. The molecule has 1 saturated carbocycles. The first kappa shape index (κ1) is 12.5. The van der Waals surface area contributed by atoms with Crippen LogP contribution in [0, 0.1) is 11.8 Å². The van der Waals surface area contributed by atoms with E-state index in [1.54, 1.807) is 6.16 Å². The first-order chi connectivity index (χ1) is 6.83. The third-order valence-electron chi connectivity index (χ3n) is 3.53. The van der Waals surface area contributed by atoms with Crippen molar-refractivity contribution in [2.45, 2.75) is 58.8 Å². The van der Waals surface area contributed by atoms with E-state index in [2.05, 4.69) is 13.8 Å². The van der Waals surface area contributed by atoms with Crippen molar-refractivity contribution in [2.75, 3.05) is 12.3 Å². The monoisotopic (exact) mass is 214 g/mol. The molecule has 1 heteroatoms. The van der Waals surface area contributed by atoms with Crippen LogP contribution in [0.5, 0.6) is 0 Å². The molecule has 0 heterocycles. The smallest absolute Gasteiger partial charge is 0.0325 e. The molecule has 0 aromatic heterocycles. The quantitative estimate of drug-likeness (QED) is 0.445. The van der Waals surface area contributed by atoms with E-state index >= 15 is 0 Å². The van der Waals surface area contributed by atoms with Crippen LogP contribution in [0.1, 0.15) is 58.8 Å². The summed E-state index contributed by atoms with van der Waals surface area (Å²) in [5, 5.41) is 0. The van der Waals surface area contributed by atoms with Gasteiger partial charge in [-0.15, -0.1) is 8.58 Å². The van der Waals surface area contributed by atoms with Gasteiger partial charge in [0.2, 0.25) is 0 Å². The van der Waals surface area contributed by atoms with Crippen LogP contribution in [-0.2, 0) is 0 Å². The van der Waals surface area contributed by atoms with E-state index < -0.39 is 0 Å². The van der Waals surface area contributed by atoms with E-state index in [0.29, 0.717) is 0 Å². The van der Waals surface area contributed by atoms with Crippen LogP contribution in [0.2, 0.25) is 0 Å². The van der Waals surface area contributed by atoms with Crippen molar-refractivity contribution in [3.05, 3.63) is 0 Å². The van der Waals surface area contributed by atoms with Crippen molar-refractivity contribution in [1.29, 1.82) is 0 Å². The summed E-state index contributed by atoms with van der Waals surface area (Å²) in [5.74, 6) is 2.13. The maximum absolute atomic E-state index is 2.42. The fourth-order valence-corrected chi connectivity index (χ4v) is 3.86. The van der Waals surface area contributed by atoms with Crippen molar-refractivity contribution >= 4 is 8.58 Å². The molecular weight excluding hydrogens is 187 g/mol. The van der Waals surface area contributed by atoms with E-state index in [1.165, 1.54) is 59.7 Å². The Labute approximate surface area is 92.0 Å². The van der Waals surface area contributed by atoms with Gasteiger partial charge in [0.25, 0.3) is 0 Å². The summed E-state index contributed by atoms with van der Waals surface area (Å²) in [6.07, 6.45) is 13.5. The number of unbranched alkanes of at least 4 members (excludes halogenated alkanes) is 2. The van der Waals surface area contributed by atoms with E-state index in [9.17, 15) is 0 Å². The number of rotatable bonds is 6. The maximum atomic E-state index is 2.42. The second kappa shape index (κ2) is 7.69. The molecule has 1 unspecified atom stereocenters. The van der Waals surface area contributed by atoms with Crippen LogP contribution in [0.15, 0.2) is 0 Å². The Morgan fingerprint density at radius 2 is 1.79 bits per heavy atom. The van der Waals surface area contributed by atoms with Crippen LogP contribution < -0.4 is 0 Å². The second-order valence-electron chi connectivity index (χ2n) is 5.04. The molecule has 0 amide bonds. The first-order valence-corrected chi connectivity index (χ1v) is 7.95. The van der Waals surface area contributed by atoms with Gasteiger partial charge in [-0.2, -0.15) is 0 Å². The van der Waals surface area contributed by atoms with Crippen molar-refractivity contribution in [1.82, 2.24) is 0 Å². The molecule has 1 atom stereocenters. The normalized spacial score (nSPS) is 28.7. The lowest BCUT2D eigenvalue weighted by Crippen LogP contribution is -2.13. The van der Waals surface area contributed by atoms with E-state index in [4.69, 9.17) is 0 Å². The molecule has 0 aliphatic heterocycles. The minimum atomic E-state index is 1.02. The average Bonchev–Trinajstić information content (AvgIpc) is 2.21. The topological polar surface area (TPSA) is 0 Å². The molecule has 1 aliphatic rings. The summed E-state index contributed by atoms with van der Waals surface area (Å²) < 4.78 is 0. The lowest BCUT2D eigenvalue weighted by Gasteiger charge is -2.25. The Bertz CT molecular complexity index is 125. The molecule has 84 valence electrons.